The van der Waals surface area contributed by atoms with E-state index in [1.807, 2.05) is 18.4 Å². The molecule has 0 saturated heterocycles. The minimum absolute atomic E-state index is 0.253. The van der Waals surface area contributed by atoms with Gasteiger partial charge < -0.3 is 5.11 Å². The molecule has 0 unspecified atom stereocenters. The lowest BCUT2D eigenvalue weighted by atomic mass is 10.1. The molecule has 100 valence electrons. The number of fused-ring (bicyclic) bond motifs is 1. The van der Waals surface area contributed by atoms with E-state index in [0.717, 1.165) is 16.8 Å². The first kappa shape index (κ1) is 12.4. The summed E-state index contributed by atoms with van der Waals surface area (Å²) in [6, 6.07) is 11.2. The van der Waals surface area contributed by atoms with Crippen LogP contribution in [0.2, 0.25) is 0 Å². The van der Waals surface area contributed by atoms with Gasteiger partial charge in [-0.3, -0.25) is 4.57 Å². The van der Waals surface area contributed by atoms with E-state index in [-0.39, 0.29) is 5.56 Å². The largest absolute Gasteiger partial charge is 0.478 e. The number of hydrogen-bond acceptors (Lipinski definition) is 2. The molecule has 0 aliphatic carbocycles. The summed E-state index contributed by atoms with van der Waals surface area (Å²) in [5.41, 5.74) is 5.24. The number of carboxylic acid groups (broad SMARTS) is 1. The second-order valence-corrected chi connectivity index (χ2v) is 4.91. The molecule has 0 spiro atoms. The number of imidazole rings is 1. The molecule has 0 atom stereocenters. The lowest BCUT2D eigenvalue weighted by Gasteiger charge is -2.09. The highest BCUT2D eigenvalue weighted by atomic mass is 16.4. The molecule has 0 fully saturated rings. The number of aromatic carboxylic acids is 1. The summed E-state index contributed by atoms with van der Waals surface area (Å²) in [5.74, 6) is -0.937. The first-order chi connectivity index (χ1) is 9.56. The van der Waals surface area contributed by atoms with E-state index in [9.17, 15) is 4.79 Å². The van der Waals surface area contributed by atoms with Crippen LogP contribution < -0.4 is 0 Å². The van der Waals surface area contributed by atoms with Crippen molar-refractivity contribution in [2.75, 3.05) is 0 Å². The highest BCUT2D eigenvalue weighted by molar-refractivity contribution is 5.92. The number of nitrogens with zero attached hydrogens (tertiary/aromatic N) is 2. The van der Waals surface area contributed by atoms with Crippen LogP contribution in [0.25, 0.3) is 16.7 Å². The van der Waals surface area contributed by atoms with Gasteiger partial charge in [0.2, 0.25) is 0 Å². The molecule has 0 aliphatic heterocycles. The van der Waals surface area contributed by atoms with E-state index in [0.29, 0.717) is 5.52 Å². The van der Waals surface area contributed by atoms with Crippen LogP contribution in [0.3, 0.4) is 0 Å². The Balaban J connectivity index is 2.22. The van der Waals surface area contributed by atoms with Crippen molar-refractivity contribution in [3.05, 3.63) is 59.4 Å². The summed E-state index contributed by atoms with van der Waals surface area (Å²) in [7, 11) is 0. The molecule has 1 heterocycles. The third-order valence-electron chi connectivity index (χ3n) is 3.42. The third kappa shape index (κ3) is 1.95. The van der Waals surface area contributed by atoms with Crippen molar-refractivity contribution in [2.45, 2.75) is 13.8 Å². The van der Waals surface area contributed by atoms with Crippen LogP contribution in [0.4, 0.5) is 0 Å². The number of aromatic nitrogens is 2. The number of benzene rings is 2. The Morgan fingerprint density at radius 1 is 1.15 bits per heavy atom. The van der Waals surface area contributed by atoms with Gasteiger partial charge in [-0.05, 0) is 49.2 Å². The van der Waals surface area contributed by atoms with Gasteiger partial charge in [-0.2, -0.15) is 0 Å². The maximum absolute atomic E-state index is 11.0. The zero-order chi connectivity index (χ0) is 14.3. The first-order valence-corrected chi connectivity index (χ1v) is 6.34. The maximum atomic E-state index is 11.0. The van der Waals surface area contributed by atoms with Gasteiger partial charge in [0.1, 0.15) is 6.33 Å². The van der Waals surface area contributed by atoms with E-state index in [2.05, 4.69) is 23.2 Å². The Bertz CT molecular complexity index is 818. The van der Waals surface area contributed by atoms with E-state index < -0.39 is 5.97 Å². The van der Waals surface area contributed by atoms with Crippen molar-refractivity contribution in [3.63, 3.8) is 0 Å². The van der Waals surface area contributed by atoms with Crippen LogP contribution in [-0.4, -0.2) is 20.6 Å². The Labute approximate surface area is 116 Å². The zero-order valence-electron chi connectivity index (χ0n) is 11.3. The summed E-state index contributed by atoms with van der Waals surface area (Å²) in [6.45, 7) is 4.09. The predicted octanol–water partition coefficient (Wildman–Crippen LogP) is 3.34. The molecular formula is C16H14N2O2. The third-order valence-corrected chi connectivity index (χ3v) is 3.42. The summed E-state index contributed by atoms with van der Waals surface area (Å²) in [6.07, 6.45) is 1.73. The first-order valence-electron chi connectivity index (χ1n) is 6.34. The van der Waals surface area contributed by atoms with Crippen LogP contribution in [0.15, 0.2) is 42.7 Å². The van der Waals surface area contributed by atoms with E-state index in [1.54, 1.807) is 24.5 Å². The van der Waals surface area contributed by atoms with Gasteiger partial charge in [0.05, 0.1) is 22.3 Å². The van der Waals surface area contributed by atoms with Crippen LogP contribution in [-0.2, 0) is 0 Å². The van der Waals surface area contributed by atoms with Gasteiger partial charge in [-0.25, -0.2) is 9.78 Å². The molecule has 3 aromatic rings. The molecule has 4 heteroatoms. The van der Waals surface area contributed by atoms with Crippen LogP contribution in [0.5, 0.6) is 0 Å². The average molecular weight is 266 g/mol. The minimum Gasteiger partial charge on any atom is -0.478 e. The van der Waals surface area contributed by atoms with Crippen molar-refractivity contribution in [3.8, 4) is 5.69 Å². The smallest absolute Gasteiger partial charge is 0.335 e. The van der Waals surface area contributed by atoms with Crippen LogP contribution >= 0.6 is 0 Å². The van der Waals surface area contributed by atoms with Crippen molar-refractivity contribution >= 4 is 17.0 Å². The van der Waals surface area contributed by atoms with E-state index >= 15 is 0 Å². The number of hydrogen-bond donors (Lipinski definition) is 1. The lowest BCUT2D eigenvalue weighted by Crippen LogP contribution is -1.98. The molecule has 0 amide bonds. The Hall–Kier alpha value is -2.62. The molecule has 0 saturated carbocycles. The molecule has 1 aromatic heterocycles. The highest BCUT2D eigenvalue weighted by Crippen LogP contribution is 2.22. The highest BCUT2D eigenvalue weighted by Gasteiger charge is 2.10. The van der Waals surface area contributed by atoms with Crippen LogP contribution in [0.1, 0.15) is 21.5 Å². The van der Waals surface area contributed by atoms with E-state index in [4.69, 9.17) is 5.11 Å². The number of carbonyl (C=O) groups is 1. The topological polar surface area (TPSA) is 55.1 Å². The quantitative estimate of drug-likeness (QED) is 0.774. The monoisotopic (exact) mass is 266 g/mol. The van der Waals surface area contributed by atoms with Gasteiger partial charge in [0, 0.05) is 0 Å². The lowest BCUT2D eigenvalue weighted by molar-refractivity contribution is 0.0697. The summed E-state index contributed by atoms with van der Waals surface area (Å²) < 4.78 is 1.99. The maximum Gasteiger partial charge on any atom is 0.335 e. The second-order valence-electron chi connectivity index (χ2n) is 4.91. The molecule has 20 heavy (non-hydrogen) atoms. The Morgan fingerprint density at radius 3 is 2.70 bits per heavy atom. The summed E-state index contributed by atoms with van der Waals surface area (Å²) >= 11 is 0. The minimum atomic E-state index is -0.937. The predicted molar refractivity (Wildman–Crippen MR) is 77.5 cm³/mol. The molecule has 0 radical (unpaired) electrons. The molecular weight excluding hydrogens is 252 g/mol. The van der Waals surface area contributed by atoms with Crippen molar-refractivity contribution < 1.29 is 9.90 Å². The Kier molecular flexibility index (Phi) is 2.79. The van der Waals surface area contributed by atoms with Gasteiger partial charge in [0.25, 0.3) is 0 Å². The summed E-state index contributed by atoms with van der Waals surface area (Å²) in [5, 5.41) is 9.01. The molecule has 2 aromatic carbocycles. The van der Waals surface area contributed by atoms with Crippen LogP contribution in [0, 0.1) is 13.8 Å². The average Bonchev–Trinajstić information content (AvgIpc) is 2.84. The SMILES string of the molecule is Cc1ccc(C)c(-n2cnc3cc(C(=O)O)ccc32)c1. The molecule has 1 N–H and O–H groups in total. The number of carboxylic acids is 1. The number of aryl methyl sites for hydroxylation is 2. The van der Waals surface area contributed by atoms with Crippen molar-refractivity contribution in [1.82, 2.24) is 9.55 Å². The van der Waals surface area contributed by atoms with E-state index in [1.165, 1.54) is 5.56 Å². The fourth-order valence-corrected chi connectivity index (χ4v) is 2.32. The summed E-state index contributed by atoms with van der Waals surface area (Å²) in [4.78, 5) is 15.3. The molecule has 4 nitrogen and oxygen atoms in total. The standard InChI is InChI=1S/C16H14N2O2/c1-10-3-4-11(2)15(7-10)18-9-17-13-8-12(16(19)20)5-6-14(13)18/h3-9H,1-2H3,(H,19,20). The fourth-order valence-electron chi connectivity index (χ4n) is 2.32. The van der Waals surface area contributed by atoms with Crippen molar-refractivity contribution in [1.29, 1.82) is 0 Å². The second kappa shape index (κ2) is 4.49. The number of rotatable bonds is 2. The Morgan fingerprint density at radius 2 is 1.95 bits per heavy atom. The molecule has 0 bridgehead atoms. The van der Waals surface area contributed by atoms with Gasteiger partial charge in [-0.15, -0.1) is 0 Å². The van der Waals surface area contributed by atoms with Crippen molar-refractivity contribution in [2.24, 2.45) is 0 Å². The van der Waals surface area contributed by atoms with Gasteiger partial charge >= 0.3 is 5.97 Å². The fraction of sp³-hybridized carbons (Fsp3) is 0.125. The molecule has 3 rings (SSSR count). The normalized spacial score (nSPS) is 10.9. The van der Waals surface area contributed by atoms with Gasteiger partial charge in [0.15, 0.2) is 0 Å². The molecule has 0 aliphatic rings. The van der Waals surface area contributed by atoms with Gasteiger partial charge in [-0.1, -0.05) is 12.1 Å². The zero-order valence-corrected chi connectivity index (χ0v) is 11.3.